The number of fused-ring (bicyclic) bond motifs is 1. The van der Waals surface area contributed by atoms with Gasteiger partial charge >= 0.3 is 0 Å². The van der Waals surface area contributed by atoms with Crippen molar-refractivity contribution in [2.24, 2.45) is 0 Å². The van der Waals surface area contributed by atoms with Gasteiger partial charge in [-0.05, 0) is 28.1 Å². The Balaban J connectivity index is 2.99. The van der Waals surface area contributed by atoms with E-state index in [1.165, 1.54) is 0 Å². The Morgan fingerprint density at radius 2 is 2.31 bits per heavy atom. The number of aromatic nitrogens is 2. The molecule has 0 aliphatic rings. The van der Waals surface area contributed by atoms with Crippen LogP contribution < -0.4 is 0 Å². The van der Waals surface area contributed by atoms with E-state index in [0.717, 1.165) is 0 Å². The predicted molar refractivity (Wildman–Crippen MR) is 48.5 cm³/mol. The zero-order valence-corrected chi connectivity index (χ0v) is 7.89. The van der Waals surface area contributed by atoms with Crippen LogP contribution in [0.5, 0.6) is 0 Å². The normalized spacial score (nSPS) is 10.2. The number of hydrogen-bond donors (Lipinski definition) is 1. The van der Waals surface area contributed by atoms with Gasteiger partial charge in [-0.25, -0.2) is 0 Å². The van der Waals surface area contributed by atoms with Crippen LogP contribution in [0.1, 0.15) is 5.56 Å². The maximum atomic E-state index is 13.1. The summed E-state index contributed by atoms with van der Waals surface area (Å²) in [5.74, 6) is -0.576. The van der Waals surface area contributed by atoms with Crippen LogP contribution in [0, 0.1) is 17.3 Å². The molecule has 0 atom stereocenters. The SMILES string of the molecule is N#Cc1c(Br)ccc2n[nH]c(F)c12. The second-order valence-corrected chi connectivity index (χ2v) is 3.32. The second kappa shape index (κ2) is 2.82. The van der Waals surface area contributed by atoms with E-state index in [-0.39, 0.29) is 10.9 Å². The molecule has 64 valence electrons. The molecule has 0 saturated heterocycles. The lowest BCUT2D eigenvalue weighted by Gasteiger charge is -1.94. The van der Waals surface area contributed by atoms with E-state index >= 15 is 0 Å². The van der Waals surface area contributed by atoms with Crippen molar-refractivity contribution in [2.45, 2.75) is 0 Å². The van der Waals surface area contributed by atoms with Gasteiger partial charge in [-0.1, -0.05) is 0 Å². The zero-order chi connectivity index (χ0) is 9.42. The van der Waals surface area contributed by atoms with Gasteiger partial charge in [0.25, 0.3) is 0 Å². The molecule has 0 amide bonds. The fourth-order valence-electron chi connectivity index (χ4n) is 1.16. The summed E-state index contributed by atoms with van der Waals surface area (Å²) >= 11 is 3.17. The average molecular weight is 240 g/mol. The molecular formula is C8H3BrFN3. The number of nitrogens with one attached hydrogen (secondary N) is 1. The van der Waals surface area contributed by atoms with Crippen molar-refractivity contribution in [3.63, 3.8) is 0 Å². The van der Waals surface area contributed by atoms with Crippen molar-refractivity contribution < 1.29 is 4.39 Å². The molecule has 2 rings (SSSR count). The molecule has 0 radical (unpaired) electrons. The Labute approximate surface area is 81.3 Å². The van der Waals surface area contributed by atoms with Gasteiger partial charge in [-0.15, -0.1) is 0 Å². The Hall–Kier alpha value is -1.41. The molecule has 0 unspecified atom stereocenters. The number of rotatable bonds is 0. The van der Waals surface area contributed by atoms with Crippen LogP contribution >= 0.6 is 15.9 Å². The molecule has 0 aliphatic heterocycles. The molecule has 3 nitrogen and oxygen atoms in total. The Morgan fingerprint density at radius 1 is 1.54 bits per heavy atom. The standard InChI is InChI=1S/C8H3BrFN3/c9-5-1-2-6-7(4(5)3-11)8(10)13-12-6/h1-2H,(H,12,13). The molecule has 0 aliphatic carbocycles. The predicted octanol–water partition coefficient (Wildman–Crippen LogP) is 2.34. The highest BCUT2D eigenvalue weighted by Gasteiger charge is 2.12. The third-order valence-electron chi connectivity index (χ3n) is 1.74. The van der Waals surface area contributed by atoms with E-state index in [9.17, 15) is 4.39 Å². The fraction of sp³-hybridized carbons (Fsp3) is 0. The van der Waals surface area contributed by atoms with Gasteiger partial charge in [0.05, 0.1) is 16.5 Å². The van der Waals surface area contributed by atoms with E-state index in [1.807, 2.05) is 6.07 Å². The number of H-pyrrole nitrogens is 1. The van der Waals surface area contributed by atoms with Gasteiger partial charge in [0.15, 0.2) is 0 Å². The van der Waals surface area contributed by atoms with Crippen LogP contribution in [-0.2, 0) is 0 Å². The fourth-order valence-corrected chi connectivity index (χ4v) is 1.58. The summed E-state index contributed by atoms with van der Waals surface area (Å²) in [6.07, 6.45) is 0. The molecule has 0 saturated carbocycles. The molecular weight excluding hydrogens is 237 g/mol. The maximum Gasteiger partial charge on any atom is 0.218 e. The number of aromatic amines is 1. The van der Waals surface area contributed by atoms with E-state index in [2.05, 4.69) is 26.1 Å². The molecule has 0 fully saturated rings. The highest BCUT2D eigenvalue weighted by molar-refractivity contribution is 9.10. The summed E-state index contributed by atoms with van der Waals surface area (Å²) in [7, 11) is 0. The van der Waals surface area contributed by atoms with Gasteiger partial charge in [-0.3, -0.25) is 5.10 Å². The van der Waals surface area contributed by atoms with Crippen molar-refractivity contribution in [1.29, 1.82) is 5.26 Å². The van der Waals surface area contributed by atoms with Gasteiger partial charge in [-0.2, -0.15) is 14.8 Å². The second-order valence-electron chi connectivity index (χ2n) is 2.47. The summed E-state index contributed by atoms with van der Waals surface area (Å²) in [6.45, 7) is 0. The number of nitrogens with zero attached hydrogens (tertiary/aromatic N) is 2. The Morgan fingerprint density at radius 3 is 3.00 bits per heavy atom. The zero-order valence-electron chi connectivity index (χ0n) is 6.31. The van der Waals surface area contributed by atoms with Crippen molar-refractivity contribution >= 4 is 26.8 Å². The summed E-state index contributed by atoms with van der Waals surface area (Å²) in [5.41, 5.74) is 0.723. The third-order valence-corrected chi connectivity index (χ3v) is 2.40. The van der Waals surface area contributed by atoms with E-state index in [0.29, 0.717) is 9.99 Å². The van der Waals surface area contributed by atoms with Crippen molar-refractivity contribution in [2.75, 3.05) is 0 Å². The molecule has 5 heteroatoms. The van der Waals surface area contributed by atoms with Gasteiger partial charge in [0.1, 0.15) is 6.07 Å². The minimum Gasteiger partial charge on any atom is -0.252 e. The van der Waals surface area contributed by atoms with Crippen molar-refractivity contribution in [1.82, 2.24) is 10.2 Å². The first-order valence-electron chi connectivity index (χ1n) is 3.46. The number of halogens is 2. The first-order valence-corrected chi connectivity index (χ1v) is 4.25. The lowest BCUT2D eigenvalue weighted by Crippen LogP contribution is -1.81. The minimum absolute atomic E-state index is 0.233. The largest absolute Gasteiger partial charge is 0.252 e. The van der Waals surface area contributed by atoms with Gasteiger partial charge in [0, 0.05) is 4.47 Å². The monoisotopic (exact) mass is 239 g/mol. The van der Waals surface area contributed by atoms with Gasteiger partial charge in [0.2, 0.25) is 5.95 Å². The van der Waals surface area contributed by atoms with Crippen LogP contribution in [0.25, 0.3) is 10.9 Å². The van der Waals surface area contributed by atoms with Crippen LogP contribution in [0.4, 0.5) is 4.39 Å². The first-order chi connectivity index (χ1) is 6.24. The van der Waals surface area contributed by atoms with E-state index in [1.54, 1.807) is 12.1 Å². The molecule has 1 heterocycles. The first kappa shape index (κ1) is 8.20. The topological polar surface area (TPSA) is 52.5 Å². The number of benzene rings is 1. The number of hydrogen-bond acceptors (Lipinski definition) is 2. The Kier molecular flexibility index (Phi) is 1.78. The lowest BCUT2D eigenvalue weighted by molar-refractivity contribution is 0.588. The van der Waals surface area contributed by atoms with Crippen molar-refractivity contribution in [3.8, 4) is 6.07 Å². The van der Waals surface area contributed by atoms with Crippen LogP contribution in [0.2, 0.25) is 0 Å². The molecule has 1 N–H and O–H groups in total. The van der Waals surface area contributed by atoms with E-state index in [4.69, 9.17) is 5.26 Å². The summed E-state index contributed by atoms with van der Waals surface area (Å²) < 4.78 is 13.7. The molecule has 1 aromatic carbocycles. The molecule has 0 bridgehead atoms. The van der Waals surface area contributed by atoms with Crippen LogP contribution in [0.15, 0.2) is 16.6 Å². The molecule has 13 heavy (non-hydrogen) atoms. The summed E-state index contributed by atoms with van der Waals surface area (Å²) in [5, 5.41) is 14.9. The van der Waals surface area contributed by atoms with E-state index < -0.39 is 5.95 Å². The van der Waals surface area contributed by atoms with Gasteiger partial charge < -0.3 is 0 Å². The maximum absolute atomic E-state index is 13.1. The quantitative estimate of drug-likeness (QED) is 0.768. The third kappa shape index (κ3) is 1.11. The molecule has 0 spiro atoms. The molecule has 2 aromatic rings. The molecule has 1 aromatic heterocycles. The summed E-state index contributed by atoms with van der Waals surface area (Å²) in [4.78, 5) is 0. The average Bonchev–Trinajstić information content (AvgIpc) is 2.49. The lowest BCUT2D eigenvalue weighted by atomic mass is 10.1. The summed E-state index contributed by atoms with van der Waals surface area (Å²) in [6, 6.07) is 5.22. The van der Waals surface area contributed by atoms with Crippen molar-refractivity contribution in [3.05, 3.63) is 28.1 Å². The highest BCUT2D eigenvalue weighted by atomic mass is 79.9. The smallest absolute Gasteiger partial charge is 0.218 e. The Bertz CT molecular complexity index is 512. The van der Waals surface area contributed by atoms with Crippen LogP contribution in [-0.4, -0.2) is 10.2 Å². The minimum atomic E-state index is -0.576. The van der Waals surface area contributed by atoms with Crippen LogP contribution in [0.3, 0.4) is 0 Å². The highest BCUT2D eigenvalue weighted by Crippen LogP contribution is 2.25. The number of nitriles is 1.